The number of pyridine rings is 3. The minimum Gasteiger partial charge on any atom is -0.358 e. The minimum atomic E-state index is 0. The second-order valence-corrected chi connectivity index (χ2v) is 17.7. The molecule has 0 spiro atoms. The van der Waals surface area contributed by atoms with Crippen LogP contribution in [0, 0.1) is 25.6 Å². The van der Waals surface area contributed by atoms with Gasteiger partial charge in [0.05, 0.1) is 0 Å². The predicted octanol–water partition coefficient (Wildman–Crippen LogP) is 18.1. The van der Waals surface area contributed by atoms with Crippen molar-refractivity contribution in [2.75, 3.05) is 0 Å². The van der Waals surface area contributed by atoms with E-state index in [-0.39, 0.29) is 27.5 Å². The number of benzene rings is 9. The zero-order valence-electron chi connectivity index (χ0n) is 40.6. The van der Waals surface area contributed by atoms with Crippen LogP contribution >= 0.6 is 0 Å². The quantitative estimate of drug-likeness (QED) is 0.121. The molecule has 0 N–H and O–H groups in total. The Morgan fingerprint density at radius 3 is 1.01 bits per heavy atom. The van der Waals surface area contributed by atoms with Crippen LogP contribution in [0.1, 0.15) is 0 Å². The molecule has 9 aromatic carbocycles. The van der Waals surface area contributed by atoms with E-state index in [0.717, 1.165) is 112 Å². The van der Waals surface area contributed by atoms with Gasteiger partial charge in [-0.05, 0) is 104 Å². The number of hydrogen-bond donors (Lipinski definition) is 0. The van der Waals surface area contributed by atoms with Crippen LogP contribution in [0.3, 0.4) is 0 Å². The third-order valence-electron chi connectivity index (χ3n) is 13.3. The van der Waals surface area contributed by atoms with Crippen LogP contribution in [0.15, 0.2) is 267 Å². The molecule has 12 aromatic rings. The first-order valence-electron chi connectivity index (χ1n) is 24.1. The molecule has 0 atom stereocenters. The van der Waals surface area contributed by atoms with E-state index in [4.69, 9.17) is 4.98 Å². The van der Waals surface area contributed by atoms with E-state index >= 15 is 0 Å². The molecule has 0 aliphatic rings. The SMILES string of the molecule is [CH3-].[Ir].[c-]1cc(-c2ccccc2-c2cc(-c3ccccc3-c3c[c-]c(-c4ccccn4)cc3)cc(-c3ccccc3-c3c[c-]c(-c4ccccn4)cc3-c3ccc(-c4ccccc4)cc3)c2)ccc1-c1ccccn1. The van der Waals surface area contributed by atoms with E-state index in [0.29, 0.717) is 0 Å². The Kier molecular flexibility index (Phi) is 14.6. The average Bonchev–Trinajstić information content (AvgIpc) is 3.48. The average molecular weight is 1120 g/mol. The fraction of sp³-hybridized carbons (Fsp3) is 0. The summed E-state index contributed by atoms with van der Waals surface area (Å²) in [7, 11) is 0. The van der Waals surface area contributed by atoms with Crippen molar-refractivity contribution in [2.45, 2.75) is 0 Å². The van der Waals surface area contributed by atoms with Gasteiger partial charge in [-0.2, -0.15) is 0 Å². The second kappa shape index (κ2) is 22.2. The molecule has 0 saturated carbocycles. The summed E-state index contributed by atoms with van der Waals surface area (Å²) < 4.78 is 0. The maximum atomic E-state index is 4.74. The van der Waals surface area contributed by atoms with Crippen molar-refractivity contribution in [1.29, 1.82) is 0 Å². The van der Waals surface area contributed by atoms with Crippen molar-refractivity contribution >= 4 is 0 Å². The van der Waals surface area contributed by atoms with Crippen LogP contribution in [0.4, 0.5) is 0 Å². The molecular formula is C70H47IrN3-4. The van der Waals surface area contributed by atoms with Gasteiger partial charge in [0.15, 0.2) is 0 Å². The van der Waals surface area contributed by atoms with Gasteiger partial charge in [0, 0.05) is 38.7 Å². The molecule has 1 radical (unpaired) electrons. The minimum absolute atomic E-state index is 0. The van der Waals surface area contributed by atoms with Gasteiger partial charge in [-0.15, -0.1) is 83.4 Å². The maximum absolute atomic E-state index is 4.74. The molecule has 355 valence electrons. The molecule has 4 heteroatoms. The first kappa shape index (κ1) is 48.7. The molecule has 0 fully saturated rings. The van der Waals surface area contributed by atoms with Crippen LogP contribution in [0.2, 0.25) is 0 Å². The Bertz CT molecular complexity index is 3660. The third-order valence-corrected chi connectivity index (χ3v) is 13.3. The third kappa shape index (κ3) is 10.1. The molecule has 74 heavy (non-hydrogen) atoms. The Morgan fingerprint density at radius 1 is 0.230 bits per heavy atom. The first-order valence-corrected chi connectivity index (χ1v) is 24.1. The van der Waals surface area contributed by atoms with Crippen LogP contribution in [-0.2, 0) is 20.1 Å². The summed E-state index contributed by atoms with van der Waals surface area (Å²) in [6.45, 7) is 0. The molecule has 0 aliphatic carbocycles. The summed E-state index contributed by atoms with van der Waals surface area (Å²) in [4.78, 5) is 13.9. The van der Waals surface area contributed by atoms with Crippen LogP contribution in [0.5, 0.6) is 0 Å². The number of nitrogens with zero attached hydrogens (tertiary/aromatic N) is 3. The molecule has 0 saturated heterocycles. The molecule has 3 heterocycles. The van der Waals surface area contributed by atoms with Gasteiger partial charge < -0.3 is 22.4 Å². The zero-order chi connectivity index (χ0) is 48.1. The summed E-state index contributed by atoms with van der Waals surface area (Å²) in [5.41, 5.74) is 23.3. The Morgan fingerprint density at radius 2 is 0.581 bits per heavy atom. The maximum Gasteiger partial charge on any atom is 0.0160 e. The number of hydrogen-bond acceptors (Lipinski definition) is 3. The van der Waals surface area contributed by atoms with E-state index < -0.39 is 0 Å². The van der Waals surface area contributed by atoms with E-state index in [1.54, 1.807) is 0 Å². The molecule has 3 nitrogen and oxygen atoms in total. The van der Waals surface area contributed by atoms with Gasteiger partial charge in [-0.3, -0.25) is 0 Å². The summed E-state index contributed by atoms with van der Waals surface area (Å²) in [6.07, 6.45) is 5.48. The molecule has 12 rings (SSSR count). The topological polar surface area (TPSA) is 38.7 Å². The molecule has 3 aromatic heterocycles. The van der Waals surface area contributed by atoms with Crippen LogP contribution < -0.4 is 0 Å². The van der Waals surface area contributed by atoms with Crippen molar-refractivity contribution in [3.63, 3.8) is 0 Å². The largest absolute Gasteiger partial charge is 0.358 e. The van der Waals surface area contributed by atoms with Crippen molar-refractivity contribution in [3.05, 3.63) is 293 Å². The zero-order valence-corrected chi connectivity index (χ0v) is 43.0. The molecule has 0 aliphatic heterocycles. The van der Waals surface area contributed by atoms with Crippen molar-refractivity contribution in [3.8, 4) is 123 Å². The smallest absolute Gasteiger partial charge is 0.0160 e. The van der Waals surface area contributed by atoms with Gasteiger partial charge in [-0.1, -0.05) is 203 Å². The van der Waals surface area contributed by atoms with E-state index in [1.807, 2.05) is 73.2 Å². The summed E-state index contributed by atoms with van der Waals surface area (Å²) in [5.74, 6) is 0. The van der Waals surface area contributed by atoms with Gasteiger partial charge >= 0.3 is 0 Å². The predicted molar refractivity (Wildman–Crippen MR) is 303 cm³/mol. The van der Waals surface area contributed by atoms with Gasteiger partial charge in [0.1, 0.15) is 0 Å². The van der Waals surface area contributed by atoms with Gasteiger partial charge in [0.2, 0.25) is 0 Å². The van der Waals surface area contributed by atoms with Crippen LogP contribution in [-0.4, -0.2) is 15.0 Å². The second-order valence-electron chi connectivity index (χ2n) is 17.7. The summed E-state index contributed by atoms with van der Waals surface area (Å²) in [6, 6.07) is 98.5. The van der Waals surface area contributed by atoms with Gasteiger partial charge in [-0.25, -0.2) is 0 Å². The molecule has 0 amide bonds. The van der Waals surface area contributed by atoms with E-state index in [9.17, 15) is 0 Å². The molecule has 0 unspecified atom stereocenters. The van der Waals surface area contributed by atoms with Gasteiger partial charge in [0.25, 0.3) is 0 Å². The molecular weight excluding hydrogens is 1080 g/mol. The standard InChI is InChI=1S/C69H44N3.CH3.Ir/c1-2-16-48(17-3-1)49-27-29-52(30-28-49)66-47-55(69-26-12-15-43-72-69)39-40-65(66)64-23-9-8-22-63(64)58-45-56(61-20-6-4-18-59(61)50-31-35-53(36-32-50)67-24-10-13-41-70-67)44-57(46-58)62-21-7-5-19-60(62)51-33-37-54(38-34-51)68-25-11-14-42-71-68;;/h1-35,37,40-47H;1H3;/q-3;-1;. The monoisotopic (exact) mass is 1120 g/mol. The number of aromatic nitrogens is 3. The fourth-order valence-corrected chi connectivity index (χ4v) is 9.68. The van der Waals surface area contributed by atoms with E-state index in [2.05, 4.69) is 222 Å². The Labute approximate surface area is 448 Å². The number of rotatable bonds is 11. The fourth-order valence-electron chi connectivity index (χ4n) is 9.68. The first-order chi connectivity index (χ1) is 35.7. The van der Waals surface area contributed by atoms with Crippen LogP contribution in [0.25, 0.3) is 123 Å². The van der Waals surface area contributed by atoms with Crippen molar-refractivity contribution in [1.82, 2.24) is 15.0 Å². The van der Waals surface area contributed by atoms with Crippen molar-refractivity contribution in [2.24, 2.45) is 0 Å². The normalized spacial score (nSPS) is 10.8. The Balaban J connectivity index is 0.00000313. The summed E-state index contributed by atoms with van der Waals surface area (Å²) >= 11 is 0. The Hall–Kier alpha value is -8.92. The summed E-state index contributed by atoms with van der Waals surface area (Å²) in [5, 5.41) is 0. The molecule has 0 bridgehead atoms. The van der Waals surface area contributed by atoms with E-state index in [1.165, 1.54) is 11.1 Å². The van der Waals surface area contributed by atoms with Crippen molar-refractivity contribution < 1.29 is 20.1 Å².